The van der Waals surface area contributed by atoms with Gasteiger partial charge in [0.2, 0.25) is 0 Å². The van der Waals surface area contributed by atoms with E-state index in [4.69, 9.17) is 0 Å². The van der Waals surface area contributed by atoms with Crippen molar-refractivity contribution >= 4 is 0 Å². The molecule has 1 aliphatic carbocycles. The van der Waals surface area contributed by atoms with Gasteiger partial charge in [0.05, 0.1) is 18.8 Å². The second-order valence-electron chi connectivity index (χ2n) is 5.63. The number of hydrogen-bond acceptors (Lipinski definition) is 3. The molecule has 0 amide bonds. The van der Waals surface area contributed by atoms with Gasteiger partial charge in [-0.15, -0.1) is 0 Å². The summed E-state index contributed by atoms with van der Waals surface area (Å²) in [6.45, 7) is 0.109. The lowest BCUT2D eigenvalue weighted by atomic mass is 9.75. The third-order valence-electron chi connectivity index (χ3n) is 4.16. The minimum Gasteiger partial charge on any atom is -0.394 e. The van der Waals surface area contributed by atoms with E-state index in [1.165, 1.54) is 5.56 Å². The van der Waals surface area contributed by atoms with Crippen molar-refractivity contribution in [3.05, 3.63) is 53.9 Å². The Bertz CT molecular complexity index is 546. The fourth-order valence-electron chi connectivity index (χ4n) is 2.91. The third-order valence-corrected chi connectivity index (χ3v) is 4.16. The maximum atomic E-state index is 9.54. The summed E-state index contributed by atoms with van der Waals surface area (Å²) in [6.07, 6.45) is 6.06. The van der Waals surface area contributed by atoms with Crippen LogP contribution < -0.4 is 5.32 Å². The summed E-state index contributed by atoms with van der Waals surface area (Å²) < 4.78 is 1.77. The molecule has 0 saturated heterocycles. The highest BCUT2D eigenvalue weighted by atomic mass is 16.3. The van der Waals surface area contributed by atoms with Crippen LogP contribution in [0.25, 0.3) is 0 Å². The first-order valence-electron chi connectivity index (χ1n) is 7.16. The zero-order chi connectivity index (χ0) is 13.9. The van der Waals surface area contributed by atoms with Gasteiger partial charge in [-0.2, -0.15) is 5.10 Å². The normalized spacial score (nSPS) is 23.3. The minimum atomic E-state index is -0.00887. The Labute approximate surface area is 119 Å². The number of benzene rings is 1. The quantitative estimate of drug-likeness (QED) is 0.874. The van der Waals surface area contributed by atoms with Crippen LogP contribution in [0.2, 0.25) is 0 Å². The predicted octanol–water partition coefficient (Wildman–Crippen LogP) is 1.99. The molecule has 1 heterocycles. The van der Waals surface area contributed by atoms with E-state index in [1.54, 1.807) is 4.68 Å². The highest BCUT2D eigenvalue weighted by Gasteiger charge is 2.31. The maximum Gasteiger partial charge on any atom is 0.0627 e. The molecule has 1 aromatic heterocycles. The molecule has 20 heavy (non-hydrogen) atoms. The van der Waals surface area contributed by atoms with Gasteiger partial charge in [-0.05, 0) is 24.3 Å². The summed E-state index contributed by atoms with van der Waals surface area (Å²) in [7, 11) is 1.90. The first-order chi connectivity index (χ1) is 9.76. The Morgan fingerprint density at radius 2 is 2.10 bits per heavy atom. The lowest BCUT2D eigenvalue weighted by Gasteiger charge is -2.38. The van der Waals surface area contributed by atoms with Crippen LogP contribution in [0, 0.1) is 0 Å². The maximum absolute atomic E-state index is 9.54. The van der Waals surface area contributed by atoms with Crippen molar-refractivity contribution in [3.8, 4) is 0 Å². The predicted molar refractivity (Wildman–Crippen MR) is 78.4 cm³/mol. The largest absolute Gasteiger partial charge is 0.394 e. The standard InChI is InChI=1S/C16H21N3O/c1-19-10-14(9-17-19)16(11-20)18-15-7-13(8-15)12-5-3-2-4-6-12/h2-6,9-10,13,15-16,18,20H,7-8,11H2,1H3/t13?,15?,16-/m1/s1. The Kier molecular flexibility index (Phi) is 3.85. The lowest BCUT2D eigenvalue weighted by molar-refractivity contribution is 0.197. The number of hydrogen-bond donors (Lipinski definition) is 2. The lowest BCUT2D eigenvalue weighted by Crippen LogP contribution is -2.43. The molecule has 1 fully saturated rings. The molecule has 0 bridgehead atoms. The van der Waals surface area contributed by atoms with Gasteiger partial charge < -0.3 is 10.4 Å². The second kappa shape index (κ2) is 5.77. The average molecular weight is 271 g/mol. The van der Waals surface area contributed by atoms with Gasteiger partial charge in [-0.25, -0.2) is 0 Å². The average Bonchev–Trinajstić information content (AvgIpc) is 2.85. The van der Waals surface area contributed by atoms with E-state index in [0.717, 1.165) is 18.4 Å². The van der Waals surface area contributed by atoms with Crippen molar-refractivity contribution < 1.29 is 5.11 Å². The minimum absolute atomic E-state index is 0.00887. The van der Waals surface area contributed by atoms with E-state index in [-0.39, 0.29) is 12.6 Å². The molecule has 2 aromatic rings. The molecule has 4 nitrogen and oxygen atoms in total. The fraction of sp³-hybridized carbons (Fsp3) is 0.438. The molecule has 4 heteroatoms. The van der Waals surface area contributed by atoms with Crippen molar-refractivity contribution in [2.45, 2.75) is 30.8 Å². The van der Waals surface area contributed by atoms with Crippen LogP contribution in [0.15, 0.2) is 42.7 Å². The van der Waals surface area contributed by atoms with Gasteiger partial charge in [0.15, 0.2) is 0 Å². The van der Waals surface area contributed by atoms with E-state index >= 15 is 0 Å². The molecule has 0 radical (unpaired) electrons. The first-order valence-corrected chi connectivity index (χ1v) is 7.16. The van der Waals surface area contributed by atoms with Crippen LogP contribution in [0.5, 0.6) is 0 Å². The number of nitrogens with one attached hydrogen (secondary N) is 1. The highest BCUT2D eigenvalue weighted by molar-refractivity contribution is 5.23. The molecule has 3 rings (SSSR count). The highest BCUT2D eigenvalue weighted by Crippen LogP contribution is 2.37. The summed E-state index contributed by atoms with van der Waals surface area (Å²) in [5.74, 6) is 0.655. The van der Waals surface area contributed by atoms with Crippen LogP contribution in [0.3, 0.4) is 0 Å². The molecular weight excluding hydrogens is 250 g/mol. The number of aliphatic hydroxyl groups is 1. The Morgan fingerprint density at radius 1 is 1.35 bits per heavy atom. The summed E-state index contributed by atoms with van der Waals surface area (Å²) in [5.41, 5.74) is 2.48. The van der Waals surface area contributed by atoms with Gasteiger partial charge in [0, 0.05) is 24.8 Å². The number of nitrogens with zero attached hydrogens (tertiary/aromatic N) is 2. The van der Waals surface area contributed by atoms with Crippen molar-refractivity contribution in [3.63, 3.8) is 0 Å². The molecule has 1 aromatic carbocycles. The number of aromatic nitrogens is 2. The smallest absolute Gasteiger partial charge is 0.0627 e. The Morgan fingerprint density at radius 3 is 2.70 bits per heavy atom. The summed E-state index contributed by atoms with van der Waals surface area (Å²) in [4.78, 5) is 0. The monoisotopic (exact) mass is 271 g/mol. The van der Waals surface area contributed by atoms with Crippen molar-refractivity contribution in [2.24, 2.45) is 7.05 Å². The molecule has 1 atom stereocenters. The van der Waals surface area contributed by atoms with E-state index in [1.807, 2.05) is 19.4 Å². The van der Waals surface area contributed by atoms with Crippen LogP contribution in [-0.4, -0.2) is 27.5 Å². The zero-order valence-corrected chi connectivity index (χ0v) is 11.7. The molecule has 2 N–H and O–H groups in total. The van der Waals surface area contributed by atoms with Gasteiger partial charge in [0.1, 0.15) is 0 Å². The Hall–Kier alpha value is -1.65. The van der Waals surface area contributed by atoms with E-state index in [0.29, 0.717) is 12.0 Å². The topological polar surface area (TPSA) is 50.1 Å². The molecule has 0 spiro atoms. The van der Waals surface area contributed by atoms with Gasteiger partial charge in [-0.1, -0.05) is 30.3 Å². The number of aryl methyl sites for hydroxylation is 1. The molecular formula is C16H21N3O. The Balaban J connectivity index is 1.55. The van der Waals surface area contributed by atoms with Gasteiger partial charge >= 0.3 is 0 Å². The van der Waals surface area contributed by atoms with Crippen molar-refractivity contribution in [1.82, 2.24) is 15.1 Å². The molecule has 0 aliphatic heterocycles. The first kappa shape index (κ1) is 13.3. The van der Waals surface area contributed by atoms with Gasteiger partial charge in [-0.3, -0.25) is 4.68 Å². The fourth-order valence-corrected chi connectivity index (χ4v) is 2.91. The second-order valence-corrected chi connectivity index (χ2v) is 5.63. The van der Waals surface area contributed by atoms with Crippen LogP contribution in [0.4, 0.5) is 0 Å². The summed E-state index contributed by atoms with van der Waals surface area (Å²) >= 11 is 0. The van der Waals surface area contributed by atoms with Crippen LogP contribution in [-0.2, 0) is 7.05 Å². The number of rotatable bonds is 5. The van der Waals surface area contributed by atoms with E-state index in [2.05, 4.69) is 40.7 Å². The third kappa shape index (κ3) is 2.76. The van der Waals surface area contributed by atoms with Crippen molar-refractivity contribution in [2.75, 3.05) is 6.61 Å². The summed E-state index contributed by atoms with van der Waals surface area (Å²) in [6, 6.07) is 11.1. The molecule has 0 unspecified atom stereocenters. The van der Waals surface area contributed by atoms with E-state index < -0.39 is 0 Å². The van der Waals surface area contributed by atoms with Crippen LogP contribution in [0.1, 0.15) is 35.9 Å². The number of aliphatic hydroxyl groups excluding tert-OH is 1. The van der Waals surface area contributed by atoms with E-state index in [9.17, 15) is 5.11 Å². The van der Waals surface area contributed by atoms with Gasteiger partial charge in [0.25, 0.3) is 0 Å². The summed E-state index contributed by atoms with van der Waals surface area (Å²) in [5, 5.41) is 17.2. The SMILES string of the molecule is Cn1cc([C@@H](CO)NC2CC(c3ccccc3)C2)cn1. The molecule has 1 aliphatic rings. The zero-order valence-electron chi connectivity index (χ0n) is 11.7. The molecule has 1 saturated carbocycles. The van der Waals surface area contributed by atoms with Crippen LogP contribution >= 0.6 is 0 Å². The molecule has 106 valence electrons. The van der Waals surface area contributed by atoms with Crippen molar-refractivity contribution in [1.29, 1.82) is 0 Å².